The minimum atomic E-state index is 0.837. The Bertz CT molecular complexity index is 617. The van der Waals surface area contributed by atoms with E-state index < -0.39 is 0 Å². The summed E-state index contributed by atoms with van der Waals surface area (Å²) in [6, 6.07) is 19.2. The zero-order valence-electron chi connectivity index (χ0n) is 16.7. The molecule has 1 fully saturated rings. The molecule has 0 bridgehead atoms. The fourth-order valence-electron chi connectivity index (χ4n) is 3.88. The van der Waals surface area contributed by atoms with Gasteiger partial charge in [0.25, 0.3) is 0 Å². The molecule has 0 amide bonds. The minimum absolute atomic E-state index is 0.837. The van der Waals surface area contributed by atoms with Crippen LogP contribution in [0.2, 0.25) is 0 Å². The van der Waals surface area contributed by atoms with Crippen LogP contribution in [0.25, 0.3) is 0 Å². The molecule has 27 heavy (non-hydrogen) atoms. The van der Waals surface area contributed by atoms with Crippen molar-refractivity contribution in [3.63, 3.8) is 0 Å². The Morgan fingerprint density at radius 1 is 0.667 bits per heavy atom. The normalized spacial score (nSPS) is 15.0. The zero-order chi connectivity index (χ0) is 18.6. The van der Waals surface area contributed by atoms with Gasteiger partial charge < -0.3 is 9.64 Å². The summed E-state index contributed by atoms with van der Waals surface area (Å²) in [5, 5.41) is 0. The highest BCUT2D eigenvalue weighted by Gasteiger charge is 2.08. The van der Waals surface area contributed by atoms with Gasteiger partial charge in [-0.2, -0.15) is 0 Å². The van der Waals surface area contributed by atoms with E-state index in [0.29, 0.717) is 0 Å². The van der Waals surface area contributed by atoms with Crippen molar-refractivity contribution in [3.05, 3.63) is 65.7 Å². The van der Waals surface area contributed by atoms with Crippen LogP contribution in [0.5, 0.6) is 5.75 Å². The van der Waals surface area contributed by atoms with Crippen LogP contribution in [0, 0.1) is 0 Å². The highest BCUT2D eigenvalue weighted by Crippen LogP contribution is 2.16. The van der Waals surface area contributed by atoms with Crippen LogP contribution in [0.1, 0.15) is 62.5 Å². The molecule has 3 rings (SSSR count). The lowest BCUT2D eigenvalue weighted by Crippen LogP contribution is -2.30. The van der Waals surface area contributed by atoms with Gasteiger partial charge in [0, 0.05) is 0 Å². The van der Waals surface area contributed by atoms with Crippen molar-refractivity contribution in [2.24, 2.45) is 0 Å². The molecule has 1 heterocycles. The summed E-state index contributed by atoms with van der Waals surface area (Å²) in [5.74, 6) is 0.997. The number of nitrogens with zero attached hydrogens (tertiary/aromatic N) is 1. The third kappa shape index (κ3) is 7.76. The lowest BCUT2D eigenvalue weighted by Gasteiger charge is -2.26. The lowest BCUT2D eigenvalue weighted by molar-refractivity contribution is 0.223. The number of hydrogen-bond acceptors (Lipinski definition) is 2. The Balaban J connectivity index is 1.22. The summed E-state index contributed by atoms with van der Waals surface area (Å²) in [6.07, 6.45) is 11.8. The standard InChI is InChI=1S/C25H35NO/c1(2-8-18-26-19-9-5-10-20-26)3-11-21-27-25-16-14-24(15-17-25)22-23-12-6-4-7-13-23/h4,6-7,12-17H,1-3,5,8-11,18-22H2. The van der Waals surface area contributed by atoms with Crippen LogP contribution in [-0.4, -0.2) is 31.1 Å². The molecule has 2 aromatic rings. The summed E-state index contributed by atoms with van der Waals surface area (Å²) in [6.45, 7) is 4.81. The van der Waals surface area contributed by atoms with Gasteiger partial charge in [-0.3, -0.25) is 0 Å². The Labute approximate surface area is 165 Å². The quantitative estimate of drug-likeness (QED) is 0.447. The van der Waals surface area contributed by atoms with E-state index in [-0.39, 0.29) is 0 Å². The van der Waals surface area contributed by atoms with E-state index in [1.807, 2.05) is 0 Å². The molecule has 2 heteroatoms. The average molecular weight is 366 g/mol. The van der Waals surface area contributed by atoms with E-state index in [1.54, 1.807) is 0 Å². The van der Waals surface area contributed by atoms with Gasteiger partial charge in [-0.05, 0) is 75.0 Å². The van der Waals surface area contributed by atoms with Gasteiger partial charge in [-0.15, -0.1) is 0 Å². The molecule has 1 aliphatic heterocycles. The smallest absolute Gasteiger partial charge is 0.119 e. The van der Waals surface area contributed by atoms with Crippen molar-refractivity contribution in [1.29, 1.82) is 0 Å². The van der Waals surface area contributed by atoms with Gasteiger partial charge >= 0.3 is 0 Å². The molecule has 0 radical (unpaired) electrons. The maximum Gasteiger partial charge on any atom is 0.119 e. The second kappa shape index (κ2) is 11.8. The number of likely N-dealkylation sites (tertiary alicyclic amines) is 1. The monoisotopic (exact) mass is 365 g/mol. The molecule has 0 saturated carbocycles. The summed E-state index contributed by atoms with van der Waals surface area (Å²) in [4.78, 5) is 2.65. The highest BCUT2D eigenvalue weighted by molar-refractivity contribution is 5.31. The number of piperidine rings is 1. The van der Waals surface area contributed by atoms with Crippen molar-refractivity contribution in [3.8, 4) is 5.75 Å². The third-order valence-electron chi connectivity index (χ3n) is 5.51. The van der Waals surface area contributed by atoms with E-state index in [1.165, 1.54) is 75.7 Å². The van der Waals surface area contributed by atoms with E-state index in [9.17, 15) is 0 Å². The molecule has 2 aromatic carbocycles. The molecule has 1 saturated heterocycles. The Hall–Kier alpha value is -1.80. The van der Waals surface area contributed by atoms with Crippen LogP contribution in [0.3, 0.4) is 0 Å². The fraction of sp³-hybridized carbons (Fsp3) is 0.520. The molecule has 0 aliphatic carbocycles. The minimum Gasteiger partial charge on any atom is -0.494 e. The Morgan fingerprint density at radius 2 is 1.33 bits per heavy atom. The van der Waals surface area contributed by atoms with Crippen LogP contribution in [0.4, 0.5) is 0 Å². The first-order valence-corrected chi connectivity index (χ1v) is 10.9. The van der Waals surface area contributed by atoms with E-state index in [2.05, 4.69) is 59.5 Å². The number of ether oxygens (including phenoxy) is 1. The average Bonchev–Trinajstić information content (AvgIpc) is 2.73. The van der Waals surface area contributed by atoms with Crippen molar-refractivity contribution < 1.29 is 4.74 Å². The van der Waals surface area contributed by atoms with Crippen molar-refractivity contribution >= 4 is 0 Å². The second-order valence-corrected chi connectivity index (χ2v) is 7.82. The number of hydrogen-bond donors (Lipinski definition) is 0. The van der Waals surface area contributed by atoms with Crippen molar-refractivity contribution in [1.82, 2.24) is 4.90 Å². The van der Waals surface area contributed by atoms with Gasteiger partial charge in [-0.25, -0.2) is 0 Å². The molecule has 0 unspecified atom stereocenters. The molecular formula is C25H35NO. The highest BCUT2D eigenvalue weighted by atomic mass is 16.5. The lowest BCUT2D eigenvalue weighted by atomic mass is 10.1. The van der Waals surface area contributed by atoms with E-state index in [4.69, 9.17) is 4.74 Å². The van der Waals surface area contributed by atoms with Gasteiger partial charge in [0.1, 0.15) is 5.75 Å². The summed E-state index contributed by atoms with van der Waals surface area (Å²) in [7, 11) is 0. The maximum absolute atomic E-state index is 5.90. The van der Waals surface area contributed by atoms with Gasteiger partial charge in [0.05, 0.1) is 6.61 Å². The summed E-state index contributed by atoms with van der Waals surface area (Å²) in [5.41, 5.74) is 2.69. The topological polar surface area (TPSA) is 12.5 Å². The van der Waals surface area contributed by atoms with Gasteiger partial charge in [-0.1, -0.05) is 68.1 Å². The summed E-state index contributed by atoms with van der Waals surface area (Å²) >= 11 is 0. The molecule has 1 aliphatic rings. The van der Waals surface area contributed by atoms with Crippen LogP contribution in [0.15, 0.2) is 54.6 Å². The molecule has 0 aromatic heterocycles. The Kier molecular flexibility index (Phi) is 8.73. The van der Waals surface area contributed by atoms with Crippen LogP contribution < -0.4 is 4.74 Å². The van der Waals surface area contributed by atoms with E-state index >= 15 is 0 Å². The van der Waals surface area contributed by atoms with Gasteiger partial charge in [0.2, 0.25) is 0 Å². The fourth-order valence-corrected chi connectivity index (χ4v) is 3.88. The molecule has 0 atom stereocenters. The molecule has 146 valence electrons. The summed E-state index contributed by atoms with van der Waals surface area (Å²) < 4.78 is 5.90. The van der Waals surface area contributed by atoms with E-state index in [0.717, 1.165) is 25.2 Å². The van der Waals surface area contributed by atoms with Crippen LogP contribution in [-0.2, 0) is 6.42 Å². The number of rotatable bonds is 11. The molecule has 0 N–H and O–H groups in total. The first-order valence-electron chi connectivity index (χ1n) is 10.9. The van der Waals surface area contributed by atoms with Crippen molar-refractivity contribution in [2.45, 2.75) is 57.8 Å². The van der Waals surface area contributed by atoms with Gasteiger partial charge in [0.15, 0.2) is 0 Å². The maximum atomic E-state index is 5.90. The third-order valence-corrected chi connectivity index (χ3v) is 5.51. The Morgan fingerprint density at radius 3 is 2.11 bits per heavy atom. The molecule has 0 spiro atoms. The molecular weight excluding hydrogens is 330 g/mol. The second-order valence-electron chi connectivity index (χ2n) is 7.82. The predicted molar refractivity (Wildman–Crippen MR) is 115 cm³/mol. The number of benzene rings is 2. The zero-order valence-corrected chi connectivity index (χ0v) is 16.7. The first kappa shape index (κ1) is 19.9. The number of unbranched alkanes of at least 4 members (excludes halogenated alkanes) is 4. The SMILES string of the molecule is c1ccc(Cc2ccc(OCCCCCCCN3CCCCC3)cc2)cc1. The van der Waals surface area contributed by atoms with Crippen molar-refractivity contribution in [2.75, 3.05) is 26.2 Å². The first-order chi connectivity index (χ1) is 13.4. The largest absolute Gasteiger partial charge is 0.494 e. The molecule has 2 nitrogen and oxygen atoms in total. The predicted octanol–water partition coefficient (Wildman–Crippen LogP) is 6.09. The van der Waals surface area contributed by atoms with Crippen LogP contribution >= 0.6 is 0 Å².